The van der Waals surface area contributed by atoms with Gasteiger partial charge in [-0.3, -0.25) is 4.79 Å². The highest BCUT2D eigenvalue weighted by Crippen LogP contribution is 2.26. The first-order valence-corrected chi connectivity index (χ1v) is 7.23. The summed E-state index contributed by atoms with van der Waals surface area (Å²) in [5.41, 5.74) is 10.5. The Morgan fingerprint density at radius 1 is 1.00 bits per heavy atom. The fourth-order valence-electron chi connectivity index (χ4n) is 2.66. The Bertz CT molecular complexity index is 825. The smallest absolute Gasteiger partial charge is 0.273 e. The van der Waals surface area contributed by atoms with Crippen molar-refractivity contribution in [1.29, 1.82) is 0 Å². The number of aryl methyl sites for hydroxylation is 1. The molecule has 1 heterocycles. The predicted octanol–water partition coefficient (Wildman–Crippen LogP) is 3.23. The van der Waals surface area contributed by atoms with Gasteiger partial charge in [0.25, 0.3) is 5.56 Å². The molecule has 0 aliphatic heterocycles. The summed E-state index contributed by atoms with van der Waals surface area (Å²) < 4.78 is 1.53. The van der Waals surface area contributed by atoms with Crippen LogP contribution in [0.15, 0.2) is 71.7 Å². The summed E-state index contributed by atoms with van der Waals surface area (Å²) in [5, 5.41) is 0. The number of rotatable bonds is 3. The van der Waals surface area contributed by atoms with Crippen LogP contribution in [0.1, 0.15) is 11.1 Å². The summed E-state index contributed by atoms with van der Waals surface area (Å²) >= 11 is 0. The number of anilines is 1. The summed E-state index contributed by atoms with van der Waals surface area (Å²) in [6, 6.07) is 20.3. The van der Waals surface area contributed by atoms with E-state index in [0.29, 0.717) is 0 Å². The number of nitrogens with two attached hydrogens (primary N) is 1. The second kappa shape index (κ2) is 5.90. The SMILES string of the molecule is Cn1cc(-c2ccccc2Cc2ccccc2)cc(N)c1=O. The molecule has 3 nitrogen and oxygen atoms in total. The van der Waals surface area contributed by atoms with Gasteiger partial charge in [0.2, 0.25) is 0 Å². The molecular formula is C19H18N2O. The number of pyridine rings is 1. The first kappa shape index (κ1) is 14.1. The third-order valence-corrected chi connectivity index (χ3v) is 3.78. The molecule has 0 amide bonds. The lowest BCUT2D eigenvalue weighted by Crippen LogP contribution is -2.19. The Labute approximate surface area is 129 Å². The summed E-state index contributed by atoms with van der Waals surface area (Å²) in [5.74, 6) is 0. The molecule has 3 heteroatoms. The number of benzene rings is 2. The molecule has 0 aliphatic rings. The molecule has 2 N–H and O–H groups in total. The zero-order valence-electron chi connectivity index (χ0n) is 12.5. The second-order valence-electron chi connectivity index (χ2n) is 5.42. The van der Waals surface area contributed by atoms with E-state index in [9.17, 15) is 4.79 Å². The highest BCUT2D eigenvalue weighted by Gasteiger charge is 2.08. The average molecular weight is 290 g/mol. The van der Waals surface area contributed by atoms with Gasteiger partial charge in [-0.05, 0) is 29.2 Å². The molecule has 0 radical (unpaired) electrons. The van der Waals surface area contributed by atoms with Crippen LogP contribution in [-0.4, -0.2) is 4.57 Å². The van der Waals surface area contributed by atoms with Crippen LogP contribution < -0.4 is 11.3 Å². The van der Waals surface area contributed by atoms with Crippen LogP contribution in [0.4, 0.5) is 5.69 Å². The molecule has 0 unspecified atom stereocenters. The van der Waals surface area contributed by atoms with Gasteiger partial charge in [0.05, 0.1) is 5.69 Å². The van der Waals surface area contributed by atoms with Crippen LogP contribution in [0.3, 0.4) is 0 Å². The maximum absolute atomic E-state index is 11.8. The highest BCUT2D eigenvalue weighted by molar-refractivity contribution is 5.69. The zero-order chi connectivity index (χ0) is 15.5. The van der Waals surface area contributed by atoms with Crippen LogP contribution >= 0.6 is 0 Å². The van der Waals surface area contributed by atoms with Gasteiger partial charge in [-0.2, -0.15) is 0 Å². The molecule has 110 valence electrons. The Hall–Kier alpha value is -2.81. The van der Waals surface area contributed by atoms with Crippen LogP contribution in [0.2, 0.25) is 0 Å². The standard InChI is InChI=1S/C19H18N2O/c1-21-13-16(12-18(20)19(21)22)17-10-6-5-9-15(17)11-14-7-3-2-4-8-14/h2-10,12-13H,11,20H2,1H3. The third-order valence-electron chi connectivity index (χ3n) is 3.78. The van der Waals surface area contributed by atoms with Gasteiger partial charge in [0.1, 0.15) is 0 Å². The van der Waals surface area contributed by atoms with Crippen LogP contribution in [0.5, 0.6) is 0 Å². The van der Waals surface area contributed by atoms with Crippen molar-refractivity contribution in [3.05, 3.63) is 88.3 Å². The summed E-state index contributed by atoms with van der Waals surface area (Å²) in [6.07, 6.45) is 2.68. The predicted molar refractivity (Wildman–Crippen MR) is 90.8 cm³/mol. The Morgan fingerprint density at radius 3 is 2.41 bits per heavy atom. The van der Waals surface area contributed by atoms with E-state index < -0.39 is 0 Å². The Morgan fingerprint density at radius 2 is 1.68 bits per heavy atom. The van der Waals surface area contributed by atoms with E-state index in [1.165, 1.54) is 15.7 Å². The van der Waals surface area contributed by atoms with E-state index in [4.69, 9.17) is 5.73 Å². The van der Waals surface area contributed by atoms with E-state index in [-0.39, 0.29) is 11.2 Å². The lowest BCUT2D eigenvalue weighted by atomic mass is 9.95. The maximum atomic E-state index is 11.8. The minimum atomic E-state index is -0.163. The monoisotopic (exact) mass is 290 g/mol. The van der Waals surface area contributed by atoms with Crippen LogP contribution in [0, 0.1) is 0 Å². The first-order chi connectivity index (χ1) is 10.6. The van der Waals surface area contributed by atoms with Crippen molar-refractivity contribution in [3.8, 4) is 11.1 Å². The van der Waals surface area contributed by atoms with Crippen LogP contribution in [-0.2, 0) is 13.5 Å². The van der Waals surface area contributed by atoms with Crippen molar-refractivity contribution in [2.75, 3.05) is 5.73 Å². The van der Waals surface area contributed by atoms with Crippen molar-refractivity contribution >= 4 is 5.69 Å². The number of hydrogen-bond acceptors (Lipinski definition) is 2. The van der Waals surface area contributed by atoms with E-state index in [0.717, 1.165) is 17.5 Å². The Kier molecular flexibility index (Phi) is 3.79. The molecule has 1 aromatic heterocycles. The quantitative estimate of drug-likeness (QED) is 0.805. The molecule has 0 spiro atoms. The highest BCUT2D eigenvalue weighted by atomic mass is 16.1. The molecule has 2 aromatic carbocycles. The van der Waals surface area contributed by atoms with Gasteiger partial charge in [-0.15, -0.1) is 0 Å². The number of nitrogens with zero attached hydrogens (tertiary/aromatic N) is 1. The largest absolute Gasteiger partial charge is 0.394 e. The average Bonchev–Trinajstić information content (AvgIpc) is 2.54. The molecule has 0 fully saturated rings. The van der Waals surface area contributed by atoms with Gasteiger partial charge >= 0.3 is 0 Å². The fourth-order valence-corrected chi connectivity index (χ4v) is 2.66. The minimum Gasteiger partial charge on any atom is -0.394 e. The summed E-state index contributed by atoms with van der Waals surface area (Å²) in [6.45, 7) is 0. The van der Waals surface area contributed by atoms with Gasteiger partial charge in [0.15, 0.2) is 0 Å². The minimum absolute atomic E-state index is 0.163. The van der Waals surface area contributed by atoms with Crippen molar-refractivity contribution < 1.29 is 0 Å². The van der Waals surface area contributed by atoms with Gasteiger partial charge in [-0.25, -0.2) is 0 Å². The normalized spacial score (nSPS) is 10.6. The summed E-state index contributed by atoms with van der Waals surface area (Å²) in [7, 11) is 1.72. The molecule has 0 saturated carbocycles. The van der Waals surface area contributed by atoms with Gasteiger partial charge < -0.3 is 10.3 Å². The van der Waals surface area contributed by atoms with Crippen LogP contribution in [0.25, 0.3) is 11.1 Å². The molecule has 0 aliphatic carbocycles. The zero-order valence-corrected chi connectivity index (χ0v) is 12.5. The van der Waals surface area contributed by atoms with E-state index in [1.54, 1.807) is 13.1 Å². The van der Waals surface area contributed by atoms with Crippen molar-refractivity contribution in [3.63, 3.8) is 0 Å². The van der Waals surface area contributed by atoms with Crippen molar-refractivity contribution in [2.24, 2.45) is 7.05 Å². The lowest BCUT2D eigenvalue weighted by molar-refractivity contribution is 0.866. The van der Waals surface area contributed by atoms with E-state index in [2.05, 4.69) is 24.3 Å². The molecular weight excluding hydrogens is 272 g/mol. The molecule has 3 rings (SSSR count). The number of hydrogen-bond donors (Lipinski definition) is 1. The fraction of sp³-hybridized carbons (Fsp3) is 0.105. The molecule has 3 aromatic rings. The summed E-state index contributed by atoms with van der Waals surface area (Å²) in [4.78, 5) is 11.8. The number of nitrogen functional groups attached to an aromatic ring is 1. The first-order valence-electron chi connectivity index (χ1n) is 7.23. The van der Waals surface area contributed by atoms with E-state index in [1.807, 2.05) is 36.5 Å². The van der Waals surface area contributed by atoms with Crippen molar-refractivity contribution in [1.82, 2.24) is 4.57 Å². The van der Waals surface area contributed by atoms with Crippen molar-refractivity contribution in [2.45, 2.75) is 6.42 Å². The molecule has 0 atom stereocenters. The lowest BCUT2D eigenvalue weighted by Gasteiger charge is -2.12. The molecule has 0 bridgehead atoms. The molecule has 22 heavy (non-hydrogen) atoms. The third kappa shape index (κ3) is 2.79. The number of aromatic nitrogens is 1. The van der Waals surface area contributed by atoms with E-state index >= 15 is 0 Å². The maximum Gasteiger partial charge on any atom is 0.273 e. The Balaban J connectivity index is 2.07. The second-order valence-corrected chi connectivity index (χ2v) is 5.42. The van der Waals surface area contributed by atoms with Gasteiger partial charge in [0, 0.05) is 18.8 Å². The van der Waals surface area contributed by atoms with Gasteiger partial charge in [-0.1, -0.05) is 54.6 Å². The topological polar surface area (TPSA) is 48.0 Å². The molecule has 0 saturated heterocycles.